The molecule has 0 unspecified atom stereocenters. The summed E-state index contributed by atoms with van der Waals surface area (Å²) >= 11 is 0. The zero-order valence-corrected chi connectivity index (χ0v) is 10.5. The van der Waals surface area contributed by atoms with Gasteiger partial charge < -0.3 is 15.8 Å². The van der Waals surface area contributed by atoms with Crippen molar-refractivity contribution in [1.29, 1.82) is 0 Å². The molecule has 2 aromatic rings. The number of rotatable bonds is 4. The Morgan fingerprint density at radius 2 is 2.32 bits per heavy atom. The van der Waals surface area contributed by atoms with Crippen molar-refractivity contribution >= 4 is 17.7 Å². The fourth-order valence-corrected chi connectivity index (χ4v) is 1.40. The molecule has 0 amide bonds. The van der Waals surface area contributed by atoms with E-state index in [-0.39, 0.29) is 11.8 Å². The van der Waals surface area contributed by atoms with Crippen molar-refractivity contribution in [3.63, 3.8) is 0 Å². The van der Waals surface area contributed by atoms with E-state index in [0.29, 0.717) is 18.2 Å². The number of nitrogens with zero attached hydrogens (tertiary/aromatic N) is 5. The monoisotopic (exact) mass is 263 g/mol. The molecule has 2 aromatic heterocycles. The summed E-state index contributed by atoms with van der Waals surface area (Å²) in [6.07, 6.45) is 1.35. The van der Waals surface area contributed by atoms with Gasteiger partial charge in [0.2, 0.25) is 5.95 Å². The summed E-state index contributed by atoms with van der Waals surface area (Å²) in [6.45, 7) is 2.63. The van der Waals surface area contributed by atoms with Gasteiger partial charge in [-0.1, -0.05) is 0 Å². The first-order valence-corrected chi connectivity index (χ1v) is 5.52. The molecule has 0 radical (unpaired) electrons. The highest BCUT2D eigenvalue weighted by Gasteiger charge is 2.13. The second kappa shape index (κ2) is 5.29. The number of nitrogens with two attached hydrogens (primary N) is 1. The molecule has 0 aliphatic heterocycles. The SMILES string of the molecule is CCNc1cc(-n2cnc(C(=O)OC)n2)nc(N)n1. The third-order valence-electron chi connectivity index (χ3n) is 2.18. The minimum absolute atomic E-state index is 0.0512. The van der Waals surface area contributed by atoms with Gasteiger partial charge in [-0.05, 0) is 6.92 Å². The van der Waals surface area contributed by atoms with Gasteiger partial charge in [0.05, 0.1) is 7.11 Å². The molecule has 0 atom stereocenters. The highest BCUT2D eigenvalue weighted by atomic mass is 16.5. The number of carbonyl (C=O) groups is 1. The topological polar surface area (TPSA) is 121 Å². The molecule has 0 aromatic carbocycles. The molecule has 100 valence electrons. The minimum Gasteiger partial charge on any atom is -0.463 e. The minimum atomic E-state index is -0.618. The normalized spacial score (nSPS) is 10.2. The second-order valence-corrected chi connectivity index (χ2v) is 3.50. The van der Waals surface area contributed by atoms with Crippen molar-refractivity contribution in [2.45, 2.75) is 6.92 Å². The molecule has 0 fully saturated rings. The molecule has 0 aliphatic carbocycles. The zero-order chi connectivity index (χ0) is 13.8. The van der Waals surface area contributed by atoms with Crippen LogP contribution in [0.5, 0.6) is 0 Å². The molecule has 0 bridgehead atoms. The van der Waals surface area contributed by atoms with Crippen molar-refractivity contribution in [1.82, 2.24) is 24.7 Å². The highest BCUT2D eigenvalue weighted by molar-refractivity contribution is 5.84. The number of carbonyl (C=O) groups excluding carboxylic acids is 1. The summed E-state index contributed by atoms with van der Waals surface area (Å²) in [5.74, 6) is 0.409. The number of hydrogen-bond acceptors (Lipinski definition) is 8. The number of nitrogens with one attached hydrogen (secondary N) is 1. The Hall–Kier alpha value is -2.71. The molecule has 9 nitrogen and oxygen atoms in total. The Morgan fingerprint density at radius 3 is 3.00 bits per heavy atom. The third-order valence-corrected chi connectivity index (χ3v) is 2.18. The van der Waals surface area contributed by atoms with Crippen LogP contribution in [0, 0.1) is 0 Å². The lowest BCUT2D eigenvalue weighted by Gasteiger charge is -2.05. The van der Waals surface area contributed by atoms with Gasteiger partial charge in [0.1, 0.15) is 12.1 Å². The highest BCUT2D eigenvalue weighted by Crippen LogP contribution is 2.11. The fraction of sp³-hybridized carbons (Fsp3) is 0.300. The third kappa shape index (κ3) is 2.76. The summed E-state index contributed by atoms with van der Waals surface area (Å²) < 4.78 is 5.85. The van der Waals surface area contributed by atoms with Gasteiger partial charge in [-0.25, -0.2) is 14.5 Å². The predicted octanol–water partition coefficient (Wildman–Crippen LogP) is -0.142. The molecular formula is C10H13N7O2. The maximum Gasteiger partial charge on any atom is 0.377 e. The largest absolute Gasteiger partial charge is 0.463 e. The lowest BCUT2D eigenvalue weighted by Crippen LogP contribution is -2.09. The molecule has 3 N–H and O–H groups in total. The average molecular weight is 263 g/mol. The van der Waals surface area contributed by atoms with E-state index in [2.05, 4.69) is 30.1 Å². The van der Waals surface area contributed by atoms with Crippen LogP contribution in [-0.2, 0) is 4.74 Å². The van der Waals surface area contributed by atoms with Gasteiger partial charge in [0, 0.05) is 12.6 Å². The van der Waals surface area contributed by atoms with Crippen LogP contribution in [0.15, 0.2) is 12.4 Å². The molecule has 0 spiro atoms. The van der Waals surface area contributed by atoms with E-state index >= 15 is 0 Å². The van der Waals surface area contributed by atoms with Crippen molar-refractivity contribution in [2.75, 3.05) is 24.7 Å². The molecule has 2 rings (SSSR count). The molecular weight excluding hydrogens is 250 g/mol. The molecule has 19 heavy (non-hydrogen) atoms. The number of hydrogen-bond donors (Lipinski definition) is 2. The van der Waals surface area contributed by atoms with E-state index < -0.39 is 5.97 Å². The second-order valence-electron chi connectivity index (χ2n) is 3.50. The first kappa shape index (κ1) is 12.7. The van der Waals surface area contributed by atoms with Gasteiger partial charge in [-0.2, -0.15) is 9.97 Å². The Balaban J connectivity index is 2.35. The predicted molar refractivity (Wildman–Crippen MR) is 66.9 cm³/mol. The first-order valence-electron chi connectivity index (χ1n) is 5.52. The number of esters is 1. The van der Waals surface area contributed by atoms with Crippen LogP contribution < -0.4 is 11.1 Å². The standard InChI is InChI=1S/C10H13N7O2/c1-3-12-6-4-7(15-10(11)14-6)17-5-13-8(16-17)9(18)19-2/h4-5H,3H2,1-2H3,(H3,11,12,14,15). The van der Waals surface area contributed by atoms with Gasteiger partial charge in [-0.3, -0.25) is 0 Å². The number of ether oxygens (including phenoxy) is 1. The van der Waals surface area contributed by atoms with Crippen molar-refractivity contribution in [3.8, 4) is 5.82 Å². The lowest BCUT2D eigenvalue weighted by atomic mass is 10.5. The summed E-state index contributed by atoms with van der Waals surface area (Å²) in [4.78, 5) is 23.1. The van der Waals surface area contributed by atoms with Crippen molar-refractivity contribution in [3.05, 3.63) is 18.2 Å². The number of methoxy groups -OCH3 is 1. The first-order chi connectivity index (χ1) is 9.13. The Morgan fingerprint density at radius 1 is 1.53 bits per heavy atom. The molecule has 9 heteroatoms. The summed E-state index contributed by atoms with van der Waals surface area (Å²) in [5, 5.41) is 6.97. The molecule has 0 aliphatic rings. The van der Waals surface area contributed by atoms with E-state index in [4.69, 9.17) is 5.73 Å². The summed E-state index contributed by atoms with van der Waals surface area (Å²) in [6, 6.07) is 1.65. The van der Waals surface area contributed by atoms with Crippen LogP contribution in [-0.4, -0.2) is 44.4 Å². The van der Waals surface area contributed by atoms with E-state index in [1.165, 1.54) is 18.1 Å². The lowest BCUT2D eigenvalue weighted by molar-refractivity contribution is 0.0587. The zero-order valence-electron chi connectivity index (χ0n) is 10.5. The smallest absolute Gasteiger partial charge is 0.377 e. The Bertz CT molecular complexity index is 595. The van der Waals surface area contributed by atoms with Gasteiger partial charge in [0.15, 0.2) is 5.82 Å². The van der Waals surface area contributed by atoms with Crippen molar-refractivity contribution < 1.29 is 9.53 Å². The molecule has 0 saturated heterocycles. The summed E-state index contributed by atoms with van der Waals surface area (Å²) in [7, 11) is 1.26. The number of nitrogen functional groups attached to an aromatic ring is 1. The number of anilines is 2. The van der Waals surface area contributed by atoms with Crippen LogP contribution in [0.1, 0.15) is 17.5 Å². The van der Waals surface area contributed by atoms with Crippen LogP contribution in [0.2, 0.25) is 0 Å². The quantitative estimate of drug-likeness (QED) is 0.731. The maximum absolute atomic E-state index is 11.3. The molecule has 2 heterocycles. The van der Waals surface area contributed by atoms with Gasteiger partial charge in [0.25, 0.3) is 5.82 Å². The Labute approximate surface area is 108 Å². The van der Waals surface area contributed by atoms with Gasteiger partial charge >= 0.3 is 5.97 Å². The summed E-state index contributed by atoms with van der Waals surface area (Å²) in [5.41, 5.74) is 5.60. The van der Waals surface area contributed by atoms with E-state index in [1.54, 1.807) is 6.07 Å². The van der Waals surface area contributed by atoms with E-state index in [1.807, 2.05) is 6.92 Å². The van der Waals surface area contributed by atoms with E-state index in [0.717, 1.165) is 0 Å². The van der Waals surface area contributed by atoms with E-state index in [9.17, 15) is 4.79 Å². The van der Waals surface area contributed by atoms with Crippen LogP contribution in [0.4, 0.5) is 11.8 Å². The fourth-order valence-electron chi connectivity index (χ4n) is 1.40. The van der Waals surface area contributed by atoms with Crippen molar-refractivity contribution in [2.24, 2.45) is 0 Å². The molecule has 0 saturated carbocycles. The van der Waals surface area contributed by atoms with Crippen LogP contribution >= 0.6 is 0 Å². The van der Waals surface area contributed by atoms with Crippen LogP contribution in [0.25, 0.3) is 5.82 Å². The van der Waals surface area contributed by atoms with Gasteiger partial charge in [-0.15, -0.1) is 5.10 Å². The Kier molecular flexibility index (Phi) is 3.55. The maximum atomic E-state index is 11.3. The average Bonchev–Trinajstić information content (AvgIpc) is 2.87. The number of aromatic nitrogens is 5. The van der Waals surface area contributed by atoms with Crippen LogP contribution in [0.3, 0.4) is 0 Å².